The van der Waals surface area contributed by atoms with Crippen LogP contribution in [0.15, 0.2) is 18.2 Å². The van der Waals surface area contributed by atoms with E-state index in [0.29, 0.717) is 16.5 Å². The van der Waals surface area contributed by atoms with Gasteiger partial charge in [-0.15, -0.1) is 0 Å². The SMILES string of the molecule is COCOc1cc(N)ccc1Cl. The van der Waals surface area contributed by atoms with Crippen LogP contribution in [0.5, 0.6) is 5.75 Å². The van der Waals surface area contributed by atoms with Crippen molar-refractivity contribution in [3.63, 3.8) is 0 Å². The van der Waals surface area contributed by atoms with Crippen molar-refractivity contribution >= 4 is 17.3 Å². The number of anilines is 1. The molecule has 66 valence electrons. The van der Waals surface area contributed by atoms with Crippen LogP contribution in [0.4, 0.5) is 5.69 Å². The molecule has 3 nitrogen and oxygen atoms in total. The van der Waals surface area contributed by atoms with Crippen LogP contribution in [0.1, 0.15) is 0 Å². The molecule has 0 saturated carbocycles. The predicted octanol–water partition coefficient (Wildman–Crippen LogP) is 1.90. The topological polar surface area (TPSA) is 44.5 Å². The monoisotopic (exact) mass is 187 g/mol. The second-order valence-corrected chi connectivity index (χ2v) is 2.65. The fourth-order valence-electron chi connectivity index (χ4n) is 0.753. The molecule has 1 rings (SSSR count). The molecule has 1 aromatic rings. The number of nitrogens with two attached hydrogens (primary N) is 1. The zero-order valence-corrected chi connectivity index (χ0v) is 7.47. The number of hydrogen-bond acceptors (Lipinski definition) is 3. The Balaban J connectivity index is 2.75. The first-order valence-electron chi connectivity index (χ1n) is 3.41. The lowest BCUT2D eigenvalue weighted by molar-refractivity contribution is 0.0512. The quantitative estimate of drug-likeness (QED) is 0.581. The molecule has 0 aliphatic carbocycles. The molecule has 12 heavy (non-hydrogen) atoms. The van der Waals surface area contributed by atoms with E-state index >= 15 is 0 Å². The fourth-order valence-corrected chi connectivity index (χ4v) is 0.925. The number of hydrogen-bond donors (Lipinski definition) is 1. The molecule has 0 bridgehead atoms. The van der Waals surface area contributed by atoms with Crippen molar-refractivity contribution in [1.29, 1.82) is 0 Å². The lowest BCUT2D eigenvalue weighted by atomic mass is 10.3. The molecule has 0 fully saturated rings. The Morgan fingerprint density at radius 2 is 2.25 bits per heavy atom. The minimum atomic E-state index is 0.170. The summed E-state index contributed by atoms with van der Waals surface area (Å²) in [5.41, 5.74) is 6.14. The van der Waals surface area contributed by atoms with Crippen LogP contribution < -0.4 is 10.5 Å². The maximum Gasteiger partial charge on any atom is 0.188 e. The molecule has 0 spiro atoms. The van der Waals surface area contributed by atoms with Gasteiger partial charge in [-0.2, -0.15) is 0 Å². The first-order chi connectivity index (χ1) is 5.74. The molecule has 0 amide bonds. The van der Waals surface area contributed by atoms with Gasteiger partial charge in [-0.3, -0.25) is 0 Å². The minimum absolute atomic E-state index is 0.170. The predicted molar refractivity (Wildman–Crippen MR) is 48.4 cm³/mol. The third-order valence-electron chi connectivity index (χ3n) is 1.29. The summed E-state index contributed by atoms with van der Waals surface area (Å²) in [5, 5.41) is 0.529. The summed E-state index contributed by atoms with van der Waals surface area (Å²) >= 11 is 5.80. The third-order valence-corrected chi connectivity index (χ3v) is 1.60. The number of nitrogen functional groups attached to an aromatic ring is 1. The van der Waals surface area contributed by atoms with Gasteiger partial charge in [0.05, 0.1) is 5.02 Å². The van der Waals surface area contributed by atoms with Crippen molar-refractivity contribution < 1.29 is 9.47 Å². The van der Waals surface area contributed by atoms with Crippen molar-refractivity contribution in [2.45, 2.75) is 0 Å². The van der Waals surface area contributed by atoms with E-state index in [2.05, 4.69) is 0 Å². The Bertz CT molecular complexity index is 265. The molecule has 0 atom stereocenters. The Labute approximate surface area is 76.0 Å². The second-order valence-electron chi connectivity index (χ2n) is 2.24. The average Bonchev–Trinajstić information content (AvgIpc) is 2.07. The van der Waals surface area contributed by atoms with Gasteiger partial charge < -0.3 is 15.2 Å². The highest BCUT2D eigenvalue weighted by Gasteiger charge is 2.00. The highest BCUT2D eigenvalue weighted by Crippen LogP contribution is 2.26. The number of methoxy groups -OCH3 is 1. The fraction of sp³-hybridized carbons (Fsp3) is 0.250. The Kier molecular flexibility index (Phi) is 3.19. The molecule has 1 aromatic carbocycles. The van der Waals surface area contributed by atoms with Crippen LogP contribution in [-0.4, -0.2) is 13.9 Å². The van der Waals surface area contributed by atoms with Crippen LogP contribution in [0, 0.1) is 0 Å². The smallest absolute Gasteiger partial charge is 0.188 e. The highest BCUT2D eigenvalue weighted by atomic mass is 35.5. The first kappa shape index (κ1) is 9.16. The lowest BCUT2D eigenvalue weighted by Gasteiger charge is -2.06. The molecule has 0 aliphatic heterocycles. The van der Waals surface area contributed by atoms with Crippen LogP contribution in [0.25, 0.3) is 0 Å². The Morgan fingerprint density at radius 3 is 2.92 bits per heavy atom. The van der Waals surface area contributed by atoms with Gasteiger partial charge in [0.25, 0.3) is 0 Å². The van der Waals surface area contributed by atoms with Gasteiger partial charge in [-0.25, -0.2) is 0 Å². The van der Waals surface area contributed by atoms with E-state index in [1.807, 2.05) is 0 Å². The zero-order valence-electron chi connectivity index (χ0n) is 6.71. The molecule has 0 saturated heterocycles. The van der Waals surface area contributed by atoms with Crippen molar-refractivity contribution in [3.05, 3.63) is 23.2 Å². The summed E-state index contributed by atoms with van der Waals surface area (Å²) in [6, 6.07) is 5.05. The molecular weight excluding hydrogens is 178 g/mol. The van der Waals surface area contributed by atoms with Gasteiger partial charge in [-0.1, -0.05) is 11.6 Å². The standard InChI is InChI=1S/C8H10ClNO2/c1-11-5-12-8-4-6(10)2-3-7(8)9/h2-4H,5,10H2,1H3. The molecule has 4 heteroatoms. The molecule has 0 aliphatic rings. The van der Waals surface area contributed by atoms with E-state index in [0.717, 1.165) is 0 Å². The van der Waals surface area contributed by atoms with Crippen LogP contribution in [0.3, 0.4) is 0 Å². The largest absolute Gasteiger partial charge is 0.466 e. The number of rotatable bonds is 3. The normalized spacial score (nSPS) is 9.83. The van der Waals surface area contributed by atoms with Crippen molar-refractivity contribution in [3.8, 4) is 5.75 Å². The summed E-state index contributed by atoms with van der Waals surface area (Å²) in [4.78, 5) is 0. The van der Waals surface area contributed by atoms with Crippen LogP contribution in [0.2, 0.25) is 5.02 Å². The summed E-state index contributed by atoms with van der Waals surface area (Å²) < 4.78 is 9.85. The van der Waals surface area contributed by atoms with E-state index < -0.39 is 0 Å². The first-order valence-corrected chi connectivity index (χ1v) is 3.78. The number of benzene rings is 1. The highest BCUT2D eigenvalue weighted by molar-refractivity contribution is 6.32. The molecular formula is C8H10ClNO2. The van der Waals surface area contributed by atoms with Gasteiger partial charge in [-0.05, 0) is 12.1 Å². The molecule has 0 unspecified atom stereocenters. The maximum absolute atomic E-state index is 5.80. The van der Waals surface area contributed by atoms with Gasteiger partial charge in [0, 0.05) is 18.9 Å². The molecule has 0 heterocycles. The van der Waals surface area contributed by atoms with Gasteiger partial charge in [0.1, 0.15) is 5.75 Å². The lowest BCUT2D eigenvalue weighted by Crippen LogP contribution is -1.99. The summed E-state index contributed by atoms with van der Waals surface area (Å²) in [6.45, 7) is 0.170. The Hall–Kier alpha value is -0.930. The van der Waals surface area contributed by atoms with E-state index in [4.69, 9.17) is 26.8 Å². The average molecular weight is 188 g/mol. The van der Waals surface area contributed by atoms with Crippen molar-refractivity contribution in [2.24, 2.45) is 0 Å². The van der Waals surface area contributed by atoms with E-state index in [-0.39, 0.29) is 6.79 Å². The van der Waals surface area contributed by atoms with Crippen molar-refractivity contribution in [2.75, 3.05) is 19.6 Å². The van der Waals surface area contributed by atoms with Gasteiger partial charge in [0.15, 0.2) is 6.79 Å². The number of ether oxygens (including phenoxy) is 2. The zero-order chi connectivity index (χ0) is 8.97. The summed E-state index contributed by atoms with van der Waals surface area (Å²) in [5.74, 6) is 0.540. The summed E-state index contributed by atoms with van der Waals surface area (Å²) in [7, 11) is 1.54. The van der Waals surface area contributed by atoms with E-state index in [1.165, 1.54) is 0 Å². The maximum atomic E-state index is 5.80. The second kappa shape index (κ2) is 4.18. The van der Waals surface area contributed by atoms with Crippen LogP contribution in [-0.2, 0) is 4.74 Å². The Morgan fingerprint density at radius 1 is 1.50 bits per heavy atom. The number of halogens is 1. The van der Waals surface area contributed by atoms with E-state index in [9.17, 15) is 0 Å². The molecule has 0 radical (unpaired) electrons. The molecule has 2 N–H and O–H groups in total. The van der Waals surface area contributed by atoms with Crippen LogP contribution >= 0.6 is 11.6 Å². The van der Waals surface area contributed by atoms with E-state index in [1.54, 1.807) is 25.3 Å². The van der Waals surface area contributed by atoms with Gasteiger partial charge in [0.2, 0.25) is 0 Å². The van der Waals surface area contributed by atoms with Crippen molar-refractivity contribution in [1.82, 2.24) is 0 Å². The third kappa shape index (κ3) is 2.29. The molecule has 0 aromatic heterocycles. The van der Waals surface area contributed by atoms with Gasteiger partial charge >= 0.3 is 0 Å². The summed E-state index contributed by atoms with van der Waals surface area (Å²) in [6.07, 6.45) is 0. The minimum Gasteiger partial charge on any atom is -0.466 e.